The van der Waals surface area contributed by atoms with E-state index in [-0.39, 0.29) is 68.2 Å². The molecule has 1 aromatic carbocycles. The number of piperazine rings is 1. The Hall–Kier alpha value is -3.75. The fourth-order valence-electron chi connectivity index (χ4n) is 6.93. The summed E-state index contributed by atoms with van der Waals surface area (Å²) in [4.78, 5) is 37.9. The second-order valence-corrected chi connectivity index (χ2v) is 14.0. The number of nitriles is 1. The van der Waals surface area contributed by atoms with E-state index in [0.29, 0.717) is 29.9 Å². The van der Waals surface area contributed by atoms with Crippen molar-refractivity contribution in [2.45, 2.75) is 52.7 Å². The highest BCUT2D eigenvalue weighted by molar-refractivity contribution is 6.46. The van der Waals surface area contributed by atoms with Gasteiger partial charge in [-0.1, -0.05) is 66.8 Å². The minimum atomic E-state index is -1.00. The molecular formula is C34H34Cl4FN7O2. The minimum Gasteiger partial charge on any atom is -0.396 e. The van der Waals surface area contributed by atoms with Gasteiger partial charge in [-0.25, -0.2) is 9.37 Å². The van der Waals surface area contributed by atoms with Crippen LogP contribution in [-0.4, -0.2) is 63.5 Å². The summed E-state index contributed by atoms with van der Waals surface area (Å²) < 4.78 is 16.6. The standard InChI is InChI=1S/C34H34Cl4FN7O2/c1-8-22(47)45-17(5)13-44(14-18(45)6)32-19-11-21(35)29(23-24(36)27(39)26(38)28(41)25(23)37)42-33(19)46(34(48)20(32)12-40)31-16(4)9-10-43(7)30(31)15(2)3/h8-11,15,17-18,30H,1,13-14,41H2,2-7H3/t17-,18+,30?. The number of carbonyl (C=O) groups excluding carboxylic acids is 1. The molecule has 0 saturated carbocycles. The third-order valence-corrected chi connectivity index (χ3v) is 10.3. The summed E-state index contributed by atoms with van der Waals surface area (Å²) in [6.45, 7) is 13.9. The molecule has 1 saturated heterocycles. The molecule has 0 aliphatic carbocycles. The zero-order valence-corrected chi connectivity index (χ0v) is 30.2. The van der Waals surface area contributed by atoms with Gasteiger partial charge in [-0.05, 0) is 56.7 Å². The van der Waals surface area contributed by atoms with Gasteiger partial charge in [-0.2, -0.15) is 5.26 Å². The van der Waals surface area contributed by atoms with E-state index in [2.05, 4.69) is 12.6 Å². The van der Waals surface area contributed by atoms with Crippen LogP contribution in [0.25, 0.3) is 28.0 Å². The van der Waals surface area contributed by atoms with Crippen LogP contribution in [0.1, 0.15) is 40.2 Å². The van der Waals surface area contributed by atoms with E-state index in [1.165, 1.54) is 10.6 Å². The topological polar surface area (TPSA) is 111 Å². The molecule has 0 bridgehead atoms. The number of pyridine rings is 2. The molecule has 1 unspecified atom stereocenters. The number of allylic oxidation sites excluding steroid dienone is 2. The summed E-state index contributed by atoms with van der Waals surface area (Å²) in [7, 11) is 1.90. The smallest absolute Gasteiger partial charge is 0.276 e. The van der Waals surface area contributed by atoms with Crippen LogP contribution in [0.4, 0.5) is 15.8 Å². The lowest BCUT2D eigenvalue weighted by Gasteiger charge is -2.45. The van der Waals surface area contributed by atoms with Gasteiger partial charge in [-0.3, -0.25) is 14.2 Å². The van der Waals surface area contributed by atoms with Crippen LogP contribution >= 0.6 is 46.4 Å². The number of nitrogen functional groups attached to an aromatic ring is 1. The van der Waals surface area contributed by atoms with Crippen molar-refractivity contribution in [3.05, 3.63) is 78.4 Å². The summed E-state index contributed by atoms with van der Waals surface area (Å²) in [5.41, 5.74) is 6.79. The molecule has 5 rings (SSSR count). The number of hydrogen-bond acceptors (Lipinski definition) is 7. The van der Waals surface area contributed by atoms with Gasteiger partial charge in [-0.15, -0.1) is 0 Å². The van der Waals surface area contributed by atoms with Crippen molar-refractivity contribution in [2.75, 3.05) is 30.8 Å². The van der Waals surface area contributed by atoms with Crippen molar-refractivity contribution < 1.29 is 9.18 Å². The Kier molecular flexibility index (Phi) is 9.84. The monoisotopic (exact) mass is 731 g/mol. The lowest BCUT2D eigenvalue weighted by Crippen LogP contribution is -2.58. The molecule has 14 heteroatoms. The highest BCUT2D eigenvalue weighted by Crippen LogP contribution is 2.47. The number of amides is 1. The zero-order valence-electron chi connectivity index (χ0n) is 27.2. The van der Waals surface area contributed by atoms with E-state index in [0.717, 1.165) is 5.57 Å². The van der Waals surface area contributed by atoms with E-state index in [9.17, 15) is 14.9 Å². The number of aromatic nitrogens is 2. The van der Waals surface area contributed by atoms with Gasteiger partial charge in [0, 0.05) is 43.2 Å². The molecule has 2 aliphatic rings. The summed E-state index contributed by atoms with van der Waals surface area (Å²) in [6, 6.07) is 2.85. The van der Waals surface area contributed by atoms with Crippen molar-refractivity contribution in [1.29, 1.82) is 5.26 Å². The Balaban J connectivity index is 1.94. The lowest BCUT2D eigenvalue weighted by molar-refractivity contribution is -0.130. The van der Waals surface area contributed by atoms with E-state index in [1.54, 1.807) is 11.0 Å². The summed E-state index contributed by atoms with van der Waals surface area (Å²) in [5.74, 6) is -1.20. The Morgan fingerprint density at radius 3 is 2.35 bits per heavy atom. The van der Waals surface area contributed by atoms with Crippen molar-refractivity contribution >= 4 is 80.4 Å². The van der Waals surface area contributed by atoms with Crippen molar-refractivity contribution in [1.82, 2.24) is 19.4 Å². The first-order valence-corrected chi connectivity index (χ1v) is 16.7. The van der Waals surface area contributed by atoms with E-state index in [4.69, 9.17) is 57.1 Å². The number of nitrogens with two attached hydrogens (primary N) is 1. The number of carbonyl (C=O) groups is 1. The van der Waals surface area contributed by atoms with Crippen LogP contribution in [0, 0.1) is 23.1 Å². The molecule has 9 nitrogen and oxygen atoms in total. The van der Waals surface area contributed by atoms with Gasteiger partial charge in [0.1, 0.15) is 22.3 Å². The van der Waals surface area contributed by atoms with E-state index in [1.807, 2.05) is 63.7 Å². The van der Waals surface area contributed by atoms with Crippen molar-refractivity contribution in [3.8, 4) is 17.3 Å². The Bertz CT molecular complexity index is 2010. The fraction of sp³-hybridized carbons (Fsp3) is 0.353. The van der Waals surface area contributed by atoms with E-state index >= 15 is 4.39 Å². The van der Waals surface area contributed by atoms with Gasteiger partial charge in [0.25, 0.3) is 5.56 Å². The minimum absolute atomic E-state index is 0.0103. The number of halogens is 5. The molecule has 3 atom stereocenters. The number of likely N-dealkylation sites (N-methyl/N-ethyl adjacent to an activating group) is 1. The van der Waals surface area contributed by atoms with Crippen molar-refractivity contribution in [2.24, 2.45) is 5.92 Å². The number of nitrogens with zero attached hydrogens (tertiary/aromatic N) is 6. The number of benzene rings is 1. The lowest BCUT2D eigenvalue weighted by atomic mass is 9.93. The average Bonchev–Trinajstić information content (AvgIpc) is 3.03. The zero-order chi connectivity index (χ0) is 35.5. The van der Waals surface area contributed by atoms with Gasteiger partial charge >= 0.3 is 0 Å². The molecule has 0 radical (unpaired) electrons. The second kappa shape index (κ2) is 13.3. The van der Waals surface area contributed by atoms with Crippen LogP contribution in [0.2, 0.25) is 20.1 Å². The first-order valence-electron chi connectivity index (χ1n) is 15.2. The van der Waals surface area contributed by atoms with Crippen LogP contribution in [0.15, 0.2) is 41.4 Å². The van der Waals surface area contributed by atoms with Gasteiger partial charge < -0.3 is 20.4 Å². The first kappa shape index (κ1) is 35.6. The Labute approximate surface area is 298 Å². The third kappa shape index (κ3) is 5.61. The first-order chi connectivity index (χ1) is 22.6. The Morgan fingerprint density at radius 2 is 1.79 bits per heavy atom. The van der Waals surface area contributed by atoms with Crippen LogP contribution < -0.4 is 16.2 Å². The van der Waals surface area contributed by atoms with Crippen LogP contribution in [0.5, 0.6) is 0 Å². The number of rotatable bonds is 5. The quantitative estimate of drug-likeness (QED) is 0.125. The third-order valence-electron chi connectivity index (χ3n) is 8.94. The van der Waals surface area contributed by atoms with Crippen LogP contribution in [0.3, 0.4) is 0 Å². The number of hydrogen-bond donors (Lipinski definition) is 1. The molecule has 0 spiro atoms. The maximum atomic E-state index is 15.2. The maximum Gasteiger partial charge on any atom is 0.276 e. The molecule has 1 fully saturated rings. The molecule has 4 heterocycles. The van der Waals surface area contributed by atoms with Gasteiger partial charge in [0.05, 0.1) is 43.9 Å². The molecule has 252 valence electrons. The molecule has 1 amide bonds. The summed E-state index contributed by atoms with van der Waals surface area (Å²) in [5, 5.41) is 9.95. The van der Waals surface area contributed by atoms with Gasteiger partial charge in [0.2, 0.25) is 5.91 Å². The molecular weight excluding hydrogens is 699 g/mol. The summed E-state index contributed by atoms with van der Waals surface area (Å²) in [6.07, 6.45) is 5.08. The largest absolute Gasteiger partial charge is 0.396 e. The molecule has 3 aromatic rings. The highest BCUT2D eigenvalue weighted by atomic mass is 35.5. The summed E-state index contributed by atoms with van der Waals surface area (Å²) >= 11 is 26.0. The Morgan fingerprint density at radius 1 is 1.17 bits per heavy atom. The maximum absolute atomic E-state index is 15.2. The fourth-order valence-corrected chi connectivity index (χ4v) is 8.07. The normalized spacial score (nSPS) is 19.8. The predicted molar refractivity (Wildman–Crippen MR) is 193 cm³/mol. The van der Waals surface area contributed by atoms with Crippen LogP contribution in [-0.2, 0) is 4.79 Å². The number of anilines is 2. The second-order valence-electron chi connectivity index (χ2n) is 12.5. The predicted octanol–water partition coefficient (Wildman–Crippen LogP) is 7.60. The van der Waals surface area contributed by atoms with Gasteiger partial charge in [0.15, 0.2) is 5.82 Å². The van der Waals surface area contributed by atoms with E-state index < -0.39 is 21.4 Å². The molecule has 48 heavy (non-hydrogen) atoms. The average molecular weight is 734 g/mol. The highest BCUT2D eigenvalue weighted by Gasteiger charge is 2.37. The molecule has 2 aliphatic heterocycles. The SMILES string of the molecule is C=CC(=O)N1[C@H](C)CN(c2c(C#N)c(=O)n(C3=C(C)C=CN(C)C3C(C)C)c3nc(-c4c(Cl)c(N)c(Cl)c(F)c4Cl)c(Cl)cc23)C[C@@H]1C. The number of fused-ring (bicyclic) bond motifs is 1. The van der Waals surface area contributed by atoms with Crippen molar-refractivity contribution in [3.63, 3.8) is 0 Å². The molecule has 2 N–H and O–H groups in total. The molecule has 2 aromatic heterocycles.